The summed E-state index contributed by atoms with van der Waals surface area (Å²) in [5.41, 5.74) is -0.0413. The maximum Gasteiger partial charge on any atom is 0.272 e. The number of nitriles is 1. The summed E-state index contributed by atoms with van der Waals surface area (Å²) in [5, 5.41) is 30.4. The van der Waals surface area contributed by atoms with E-state index < -0.39 is 0 Å². The minimum atomic E-state index is -0.357. The molecular formula is C26H32ClN5O3. The number of piperidine rings is 1. The van der Waals surface area contributed by atoms with Crippen LogP contribution in [-0.4, -0.2) is 53.1 Å². The van der Waals surface area contributed by atoms with E-state index in [0.29, 0.717) is 22.3 Å². The molecule has 4 rings (SSSR count). The summed E-state index contributed by atoms with van der Waals surface area (Å²) in [6.45, 7) is 10.1. The van der Waals surface area contributed by atoms with Gasteiger partial charge in [-0.25, -0.2) is 0 Å². The van der Waals surface area contributed by atoms with Crippen molar-refractivity contribution < 1.29 is 14.6 Å². The van der Waals surface area contributed by atoms with Gasteiger partial charge < -0.3 is 20.1 Å². The molecule has 1 saturated heterocycles. The maximum atomic E-state index is 13.0. The van der Waals surface area contributed by atoms with Gasteiger partial charge in [0.15, 0.2) is 11.5 Å². The van der Waals surface area contributed by atoms with Gasteiger partial charge in [0.25, 0.3) is 5.91 Å². The van der Waals surface area contributed by atoms with Crippen molar-refractivity contribution in [2.75, 3.05) is 24.6 Å². The number of rotatable bonds is 6. The Morgan fingerprint density at radius 3 is 2.43 bits per heavy atom. The van der Waals surface area contributed by atoms with Crippen molar-refractivity contribution in [2.45, 2.75) is 52.7 Å². The molecule has 186 valence electrons. The fourth-order valence-electron chi connectivity index (χ4n) is 5.76. The first kappa shape index (κ1) is 25.2. The van der Waals surface area contributed by atoms with Gasteiger partial charge in [0, 0.05) is 42.6 Å². The van der Waals surface area contributed by atoms with Crippen LogP contribution in [0.15, 0.2) is 30.3 Å². The van der Waals surface area contributed by atoms with Gasteiger partial charge in [0.1, 0.15) is 17.9 Å². The van der Waals surface area contributed by atoms with Crippen LogP contribution in [0.3, 0.4) is 0 Å². The van der Waals surface area contributed by atoms with Gasteiger partial charge in [0.2, 0.25) is 0 Å². The molecule has 1 aromatic carbocycles. The van der Waals surface area contributed by atoms with E-state index in [1.165, 1.54) is 0 Å². The average Bonchev–Trinajstić information content (AvgIpc) is 2.85. The molecule has 2 fully saturated rings. The number of hydrogen-bond acceptors (Lipinski definition) is 7. The molecule has 1 aliphatic heterocycles. The summed E-state index contributed by atoms with van der Waals surface area (Å²) in [5.74, 6) is 1.42. The number of aromatic nitrogens is 2. The van der Waals surface area contributed by atoms with Crippen LogP contribution >= 0.6 is 11.6 Å². The minimum Gasteiger partial charge on any atom is -0.489 e. The summed E-state index contributed by atoms with van der Waals surface area (Å²) in [4.78, 5) is 15.2. The van der Waals surface area contributed by atoms with Crippen LogP contribution in [-0.2, 0) is 0 Å². The van der Waals surface area contributed by atoms with Crippen molar-refractivity contribution in [3.8, 4) is 11.8 Å². The highest BCUT2D eigenvalue weighted by molar-refractivity contribution is 6.31. The third-order valence-electron chi connectivity index (χ3n) is 7.51. The number of ether oxygens (including phenoxy) is 1. The largest absolute Gasteiger partial charge is 0.489 e. The highest BCUT2D eigenvalue weighted by Gasteiger charge is 2.64. The molecule has 1 amide bonds. The SMILES string of the molecule is CC1(C)C(NC(=O)c2ccc(N3CCC(CO)CC3)nn2)C(C)(C)C1Oc1ccc(C#N)c(Cl)c1. The summed E-state index contributed by atoms with van der Waals surface area (Å²) in [6.07, 6.45) is 1.66. The number of aliphatic hydroxyl groups excluding tert-OH is 1. The lowest BCUT2D eigenvalue weighted by atomic mass is 9.49. The van der Waals surface area contributed by atoms with E-state index in [9.17, 15) is 9.90 Å². The molecule has 0 spiro atoms. The fourth-order valence-corrected chi connectivity index (χ4v) is 5.97. The summed E-state index contributed by atoms with van der Waals surface area (Å²) in [7, 11) is 0. The van der Waals surface area contributed by atoms with Crippen LogP contribution in [0.5, 0.6) is 5.75 Å². The Hall–Kier alpha value is -2.89. The first-order valence-electron chi connectivity index (χ1n) is 11.9. The minimum absolute atomic E-state index is 0.152. The smallest absolute Gasteiger partial charge is 0.272 e. The second kappa shape index (κ2) is 9.63. The van der Waals surface area contributed by atoms with Gasteiger partial charge in [-0.05, 0) is 43.0 Å². The van der Waals surface area contributed by atoms with Crippen LogP contribution in [0, 0.1) is 28.1 Å². The van der Waals surface area contributed by atoms with Crippen LogP contribution in [0.2, 0.25) is 5.02 Å². The third-order valence-corrected chi connectivity index (χ3v) is 7.82. The molecule has 2 aromatic rings. The van der Waals surface area contributed by atoms with Crippen molar-refractivity contribution in [1.82, 2.24) is 15.5 Å². The third kappa shape index (κ3) is 4.80. The first-order valence-corrected chi connectivity index (χ1v) is 12.3. The van der Waals surface area contributed by atoms with Crippen LogP contribution in [0.4, 0.5) is 5.82 Å². The van der Waals surface area contributed by atoms with Crippen LogP contribution in [0.25, 0.3) is 0 Å². The number of nitrogens with one attached hydrogen (secondary N) is 1. The lowest BCUT2D eigenvalue weighted by Crippen LogP contribution is -2.74. The van der Waals surface area contributed by atoms with Crippen LogP contribution in [0.1, 0.15) is 56.6 Å². The summed E-state index contributed by atoms with van der Waals surface area (Å²) < 4.78 is 6.28. The normalized spacial score (nSPS) is 23.2. The van der Waals surface area contributed by atoms with Gasteiger partial charge in [-0.1, -0.05) is 39.3 Å². The molecule has 0 atom stereocenters. The standard InChI is InChI=1S/C26H32ClN5O3/c1-25(2)23(26(3,4)24(25)35-18-6-5-17(14-28)19(27)13-18)29-22(34)20-7-8-21(31-30-20)32-11-9-16(15-33)10-12-32/h5-8,13,16,23-24,33H,9-12,15H2,1-4H3,(H,29,34). The van der Waals surface area contributed by atoms with Gasteiger partial charge in [-0.3, -0.25) is 4.79 Å². The molecule has 0 unspecified atom stereocenters. The Labute approximate surface area is 211 Å². The molecule has 2 heterocycles. The second-order valence-electron chi connectivity index (χ2n) is 10.7. The Morgan fingerprint density at radius 1 is 1.20 bits per heavy atom. The van der Waals surface area contributed by atoms with Crippen molar-refractivity contribution in [3.05, 3.63) is 46.6 Å². The van der Waals surface area contributed by atoms with Gasteiger partial charge >= 0.3 is 0 Å². The molecule has 1 aromatic heterocycles. The van der Waals surface area contributed by atoms with E-state index in [1.54, 1.807) is 24.3 Å². The van der Waals surface area contributed by atoms with Gasteiger partial charge in [-0.2, -0.15) is 5.26 Å². The second-order valence-corrected chi connectivity index (χ2v) is 11.1. The number of hydrogen-bond donors (Lipinski definition) is 2. The van der Waals surface area contributed by atoms with E-state index >= 15 is 0 Å². The molecule has 0 radical (unpaired) electrons. The molecule has 8 nitrogen and oxygen atoms in total. The number of anilines is 1. The molecule has 0 bridgehead atoms. The van der Waals surface area contributed by atoms with E-state index in [-0.39, 0.29) is 41.2 Å². The van der Waals surface area contributed by atoms with Crippen LogP contribution < -0.4 is 15.0 Å². The molecule has 35 heavy (non-hydrogen) atoms. The number of nitrogens with zero attached hydrogens (tertiary/aromatic N) is 4. The zero-order chi connectivity index (χ0) is 25.4. The van der Waals surface area contributed by atoms with Gasteiger partial charge in [0.05, 0.1) is 10.6 Å². The lowest BCUT2D eigenvalue weighted by Gasteiger charge is -2.63. The topological polar surface area (TPSA) is 111 Å². The highest BCUT2D eigenvalue weighted by Crippen LogP contribution is 2.55. The molecule has 2 N–H and O–H groups in total. The number of benzene rings is 1. The first-order chi connectivity index (χ1) is 16.6. The lowest BCUT2D eigenvalue weighted by molar-refractivity contribution is -0.164. The predicted molar refractivity (Wildman–Crippen MR) is 133 cm³/mol. The van der Waals surface area contributed by atoms with E-state index in [1.807, 2.05) is 12.1 Å². The Balaban J connectivity index is 1.40. The number of halogens is 1. The van der Waals surface area contributed by atoms with Crippen molar-refractivity contribution in [3.63, 3.8) is 0 Å². The summed E-state index contributed by atoms with van der Waals surface area (Å²) in [6, 6.07) is 10.5. The van der Waals surface area contributed by atoms with Gasteiger partial charge in [-0.15, -0.1) is 10.2 Å². The molecule has 1 aliphatic carbocycles. The number of aliphatic hydroxyl groups is 1. The van der Waals surface area contributed by atoms with Crippen molar-refractivity contribution >= 4 is 23.3 Å². The van der Waals surface area contributed by atoms with E-state index in [2.05, 4.69) is 48.1 Å². The van der Waals surface area contributed by atoms with Crippen molar-refractivity contribution in [1.29, 1.82) is 5.26 Å². The Morgan fingerprint density at radius 2 is 1.89 bits per heavy atom. The predicted octanol–water partition coefficient (Wildman–Crippen LogP) is 3.82. The number of amides is 1. The zero-order valence-corrected chi connectivity index (χ0v) is 21.3. The summed E-state index contributed by atoms with van der Waals surface area (Å²) >= 11 is 6.17. The molecule has 2 aliphatic rings. The fraction of sp³-hybridized carbons (Fsp3) is 0.538. The quantitative estimate of drug-likeness (QED) is 0.623. The Kier molecular flexibility index (Phi) is 6.94. The van der Waals surface area contributed by atoms with E-state index in [0.717, 1.165) is 31.7 Å². The highest BCUT2D eigenvalue weighted by atomic mass is 35.5. The number of carbonyl (C=O) groups excluding carboxylic acids is 1. The maximum absolute atomic E-state index is 13.0. The Bertz CT molecular complexity index is 1100. The molecule has 1 saturated carbocycles. The monoisotopic (exact) mass is 497 g/mol. The average molecular weight is 498 g/mol. The number of carbonyl (C=O) groups is 1. The van der Waals surface area contributed by atoms with E-state index in [4.69, 9.17) is 21.6 Å². The molecule has 9 heteroatoms. The molecular weight excluding hydrogens is 466 g/mol. The zero-order valence-electron chi connectivity index (χ0n) is 20.6. The van der Waals surface area contributed by atoms with Crippen molar-refractivity contribution in [2.24, 2.45) is 16.7 Å².